The van der Waals surface area contributed by atoms with Gasteiger partial charge >= 0.3 is 6.03 Å². The highest BCUT2D eigenvalue weighted by Crippen LogP contribution is 2.25. The Labute approximate surface area is 139 Å². The maximum absolute atomic E-state index is 12.1. The number of nitrogens with zero attached hydrogens (tertiary/aromatic N) is 1. The topological polar surface area (TPSA) is 76.4 Å². The summed E-state index contributed by atoms with van der Waals surface area (Å²) in [5.41, 5.74) is 1.48. The van der Waals surface area contributed by atoms with Crippen molar-refractivity contribution in [3.63, 3.8) is 0 Å². The third kappa shape index (κ3) is 3.73. The molecule has 122 valence electrons. The third-order valence-corrected chi connectivity index (χ3v) is 3.25. The summed E-state index contributed by atoms with van der Waals surface area (Å²) in [5.74, 6) is 1.53. The lowest BCUT2D eigenvalue weighted by atomic mass is 10.2. The second kappa shape index (κ2) is 7.32. The predicted molar refractivity (Wildman–Crippen MR) is 92.2 cm³/mol. The second-order valence-corrected chi connectivity index (χ2v) is 4.95. The molecule has 0 aliphatic carbocycles. The van der Waals surface area contributed by atoms with E-state index >= 15 is 0 Å². The highest BCUT2D eigenvalue weighted by atomic mass is 16.5. The lowest BCUT2D eigenvalue weighted by molar-refractivity contribution is 0.261. The number of anilines is 2. The summed E-state index contributed by atoms with van der Waals surface area (Å²) in [6.07, 6.45) is 0. The van der Waals surface area contributed by atoms with Gasteiger partial charge in [-0.05, 0) is 19.1 Å². The summed E-state index contributed by atoms with van der Waals surface area (Å²) < 4.78 is 10.7. The van der Waals surface area contributed by atoms with Gasteiger partial charge in [-0.2, -0.15) is 0 Å². The number of nitrogens with one attached hydrogen (secondary N) is 2. The summed E-state index contributed by atoms with van der Waals surface area (Å²) in [7, 11) is 0. The van der Waals surface area contributed by atoms with Gasteiger partial charge in [-0.15, -0.1) is 0 Å². The normalized spacial score (nSPS) is 10.2. The second-order valence-electron chi connectivity index (χ2n) is 4.95. The van der Waals surface area contributed by atoms with E-state index < -0.39 is 6.03 Å². The lowest BCUT2D eigenvalue weighted by Crippen LogP contribution is -2.20. The zero-order valence-electron chi connectivity index (χ0n) is 13.2. The Kier molecular flexibility index (Phi) is 4.76. The average molecular weight is 323 g/mol. The van der Waals surface area contributed by atoms with Crippen LogP contribution in [-0.2, 0) is 0 Å². The number of urea groups is 1. The van der Waals surface area contributed by atoms with Gasteiger partial charge in [0.2, 0.25) is 0 Å². The molecule has 0 saturated heterocycles. The quantitative estimate of drug-likeness (QED) is 0.730. The molecular formula is C18H17N3O3. The van der Waals surface area contributed by atoms with Crippen LogP contribution in [0.2, 0.25) is 0 Å². The van der Waals surface area contributed by atoms with Crippen LogP contribution in [0.25, 0.3) is 11.3 Å². The minimum Gasteiger partial charge on any atom is -0.492 e. The van der Waals surface area contributed by atoms with Crippen molar-refractivity contribution in [1.82, 2.24) is 5.16 Å². The van der Waals surface area contributed by atoms with Gasteiger partial charge in [0.15, 0.2) is 11.6 Å². The van der Waals surface area contributed by atoms with Crippen molar-refractivity contribution in [3.05, 3.63) is 60.7 Å². The number of ether oxygens (including phenoxy) is 1. The van der Waals surface area contributed by atoms with E-state index in [4.69, 9.17) is 9.26 Å². The molecule has 2 amide bonds. The summed E-state index contributed by atoms with van der Waals surface area (Å²) in [6, 6.07) is 18.0. The molecule has 0 spiro atoms. The Morgan fingerprint density at radius 3 is 2.62 bits per heavy atom. The Morgan fingerprint density at radius 2 is 1.83 bits per heavy atom. The first-order valence-electron chi connectivity index (χ1n) is 7.58. The van der Waals surface area contributed by atoms with Gasteiger partial charge in [0, 0.05) is 11.6 Å². The van der Waals surface area contributed by atoms with Crippen molar-refractivity contribution in [1.29, 1.82) is 0 Å². The molecule has 3 rings (SSSR count). The fourth-order valence-electron chi connectivity index (χ4n) is 2.19. The first kappa shape index (κ1) is 15.6. The molecule has 0 fully saturated rings. The van der Waals surface area contributed by atoms with Crippen LogP contribution in [0.4, 0.5) is 16.3 Å². The van der Waals surface area contributed by atoms with Gasteiger partial charge in [0.25, 0.3) is 0 Å². The standard InChI is InChI=1S/C18H17N3O3/c1-2-23-15-11-7-6-10-14(15)19-18(22)20-17-12-16(24-21-17)13-8-4-3-5-9-13/h3-12H,2H2,1H3,(H2,19,20,21,22). The van der Waals surface area contributed by atoms with Crippen molar-refractivity contribution >= 4 is 17.5 Å². The highest BCUT2D eigenvalue weighted by Gasteiger charge is 2.11. The number of rotatable bonds is 5. The monoisotopic (exact) mass is 323 g/mol. The van der Waals surface area contributed by atoms with E-state index in [0.29, 0.717) is 29.6 Å². The van der Waals surface area contributed by atoms with Crippen LogP contribution in [0.5, 0.6) is 5.75 Å². The first-order chi connectivity index (χ1) is 11.8. The molecule has 3 aromatic rings. The van der Waals surface area contributed by atoms with Crippen molar-refractivity contribution in [3.8, 4) is 17.1 Å². The molecule has 24 heavy (non-hydrogen) atoms. The van der Waals surface area contributed by atoms with Gasteiger partial charge in [-0.3, -0.25) is 5.32 Å². The first-order valence-corrected chi connectivity index (χ1v) is 7.58. The summed E-state index contributed by atoms with van der Waals surface area (Å²) in [5, 5.41) is 9.23. The van der Waals surface area contributed by atoms with E-state index in [9.17, 15) is 4.79 Å². The molecule has 0 aliphatic rings. The van der Waals surface area contributed by atoms with Crippen LogP contribution in [0, 0.1) is 0 Å². The van der Waals surface area contributed by atoms with Crippen molar-refractivity contribution in [2.75, 3.05) is 17.2 Å². The fraction of sp³-hybridized carbons (Fsp3) is 0.111. The number of amides is 2. The number of aromatic nitrogens is 1. The number of para-hydroxylation sites is 2. The summed E-state index contributed by atoms with van der Waals surface area (Å²) in [4.78, 5) is 12.1. The van der Waals surface area contributed by atoms with E-state index in [-0.39, 0.29) is 0 Å². The molecular weight excluding hydrogens is 306 g/mol. The van der Waals surface area contributed by atoms with Crippen LogP contribution < -0.4 is 15.4 Å². The maximum Gasteiger partial charge on any atom is 0.325 e. The summed E-state index contributed by atoms with van der Waals surface area (Å²) in [6.45, 7) is 2.40. The number of hydrogen-bond donors (Lipinski definition) is 2. The zero-order chi connectivity index (χ0) is 16.8. The molecule has 1 aromatic heterocycles. The number of hydrogen-bond acceptors (Lipinski definition) is 4. The fourth-order valence-corrected chi connectivity index (χ4v) is 2.19. The molecule has 0 bridgehead atoms. The molecule has 0 atom stereocenters. The Hall–Kier alpha value is -3.28. The van der Waals surface area contributed by atoms with Gasteiger partial charge < -0.3 is 14.6 Å². The number of carbonyl (C=O) groups is 1. The van der Waals surface area contributed by atoms with E-state index in [2.05, 4.69) is 15.8 Å². The van der Waals surface area contributed by atoms with Crippen LogP contribution in [0.15, 0.2) is 65.2 Å². The van der Waals surface area contributed by atoms with Crippen LogP contribution in [0.3, 0.4) is 0 Å². The van der Waals surface area contributed by atoms with E-state index in [0.717, 1.165) is 5.56 Å². The van der Waals surface area contributed by atoms with E-state index in [1.807, 2.05) is 49.4 Å². The Bertz CT molecular complexity index is 815. The molecule has 2 aromatic carbocycles. The maximum atomic E-state index is 12.1. The predicted octanol–water partition coefficient (Wildman–Crippen LogP) is 4.38. The Balaban J connectivity index is 1.67. The van der Waals surface area contributed by atoms with Crippen LogP contribution in [0.1, 0.15) is 6.92 Å². The molecule has 0 aliphatic heterocycles. The minimum absolute atomic E-state index is 0.334. The van der Waals surface area contributed by atoms with E-state index in [1.165, 1.54) is 0 Å². The zero-order valence-corrected chi connectivity index (χ0v) is 13.2. The number of benzene rings is 2. The van der Waals surface area contributed by atoms with Gasteiger partial charge in [0.05, 0.1) is 12.3 Å². The smallest absolute Gasteiger partial charge is 0.325 e. The average Bonchev–Trinajstić information content (AvgIpc) is 3.06. The molecule has 2 N–H and O–H groups in total. The largest absolute Gasteiger partial charge is 0.492 e. The molecule has 0 unspecified atom stereocenters. The van der Waals surface area contributed by atoms with Gasteiger partial charge in [-0.25, -0.2) is 4.79 Å². The Morgan fingerprint density at radius 1 is 1.08 bits per heavy atom. The van der Waals surface area contributed by atoms with Gasteiger partial charge in [0.1, 0.15) is 5.75 Å². The number of carbonyl (C=O) groups excluding carboxylic acids is 1. The summed E-state index contributed by atoms with van der Waals surface area (Å²) >= 11 is 0. The lowest BCUT2D eigenvalue weighted by Gasteiger charge is -2.10. The molecule has 6 heteroatoms. The molecule has 6 nitrogen and oxygen atoms in total. The molecule has 1 heterocycles. The minimum atomic E-state index is -0.421. The van der Waals surface area contributed by atoms with Crippen LogP contribution >= 0.6 is 0 Å². The molecule has 0 saturated carbocycles. The highest BCUT2D eigenvalue weighted by molar-refractivity contribution is 6.00. The third-order valence-electron chi connectivity index (χ3n) is 3.25. The van der Waals surface area contributed by atoms with Crippen molar-refractivity contribution in [2.45, 2.75) is 6.92 Å². The SMILES string of the molecule is CCOc1ccccc1NC(=O)Nc1cc(-c2ccccc2)on1. The van der Waals surface area contributed by atoms with Gasteiger partial charge in [-0.1, -0.05) is 47.6 Å². The van der Waals surface area contributed by atoms with Crippen molar-refractivity contribution in [2.24, 2.45) is 0 Å². The van der Waals surface area contributed by atoms with Crippen LogP contribution in [-0.4, -0.2) is 17.8 Å². The van der Waals surface area contributed by atoms with E-state index in [1.54, 1.807) is 18.2 Å². The van der Waals surface area contributed by atoms with Crippen molar-refractivity contribution < 1.29 is 14.1 Å². The molecule has 0 radical (unpaired) electrons.